The standard InChI is InChI=1S/C28H29F2N5O2/c1-2-37-33-26(20-4-5-23(29)24(30)9-20)25-6-3-19(11-32-25)14-34-15-27(16-34)17-35(18-27)22-10-21(12-31-13-22)28(36)7-8-28/h3-6,9-13,36H,2,7-8,14-18H2,1H3/b33-26+. The van der Waals surface area contributed by atoms with Crippen LogP contribution >= 0.6 is 0 Å². The van der Waals surface area contributed by atoms with Crippen LogP contribution in [0.1, 0.15) is 42.1 Å². The summed E-state index contributed by atoms with van der Waals surface area (Å²) in [6.07, 6.45) is 7.10. The number of pyridine rings is 2. The smallest absolute Gasteiger partial charge is 0.159 e. The molecule has 0 unspecified atom stereocenters. The molecule has 4 heterocycles. The fourth-order valence-electron chi connectivity index (χ4n) is 5.36. The van der Waals surface area contributed by atoms with E-state index in [-0.39, 0.29) is 0 Å². The molecular formula is C28H29F2N5O2. The van der Waals surface area contributed by atoms with E-state index in [2.05, 4.69) is 31.0 Å². The monoisotopic (exact) mass is 505 g/mol. The van der Waals surface area contributed by atoms with Gasteiger partial charge in [0.2, 0.25) is 0 Å². The molecule has 1 saturated carbocycles. The Morgan fingerprint density at radius 1 is 1.03 bits per heavy atom. The van der Waals surface area contributed by atoms with E-state index in [9.17, 15) is 13.9 Å². The summed E-state index contributed by atoms with van der Waals surface area (Å²) in [6, 6.07) is 9.55. The number of aromatic nitrogens is 2. The van der Waals surface area contributed by atoms with Gasteiger partial charge in [0.25, 0.3) is 0 Å². The lowest BCUT2D eigenvalue weighted by atomic mass is 9.72. The first-order chi connectivity index (χ1) is 17.9. The second-order valence-corrected chi connectivity index (χ2v) is 10.5. The molecule has 3 fully saturated rings. The highest BCUT2D eigenvalue weighted by molar-refractivity contribution is 6.11. The summed E-state index contributed by atoms with van der Waals surface area (Å²) in [4.78, 5) is 18.8. The van der Waals surface area contributed by atoms with Crippen molar-refractivity contribution < 1.29 is 18.7 Å². The van der Waals surface area contributed by atoms with Crippen LogP contribution in [0.2, 0.25) is 0 Å². The number of hydrogen-bond donors (Lipinski definition) is 1. The van der Waals surface area contributed by atoms with Gasteiger partial charge in [0, 0.05) is 61.7 Å². The molecular weight excluding hydrogens is 476 g/mol. The maximum Gasteiger partial charge on any atom is 0.159 e. The second kappa shape index (κ2) is 9.15. The highest BCUT2D eigenvalue weighted by atomic mass is 19.2. The van der Waals surface area contributed by atoms with Gasteiger partial charge in [-0.3, -0.25) is 14.9 Å². The number of anilines is 1. The van der Waals surface area contributed by atoms with E-state index in [1.54, 1.807) is 19.3 Å². The number of likely N-dealkylation sites (tertiary alicyclic amines) is 1. The predicted molar refractivity (Wildman–Crippen MR) is 135 cm³/mol. The molecule has 7 nitrogen and oxygen atoms in total. The third kappa shape index (κ3) is 4.69. The van der Waals surface area contributed by atoms with Crippen LogP contribution in [0.5, 0.6) is 0 Å². The minimum absolute atomic E-state index is 0.309. The molecule has 6 rings (SSSR count). The minimum Gasteiger partial charge on any atom is -0.396 e. The molecule has 0 amide bonds. The van der Waals surface area contributed by atoms with Gasteiger partial charge in [-0.1, -0.05) is 11.2 Å². The average molecular weight is 506 g/mol. The molecule has 37 heavy (non-hydrogen) atoms. The molecule has 9 heteroatoms. The SMILES string of the molecule is CCO/N=C(\c1ccc(F)c(F)c1)c1ccc(CN2CC3(C2)CN(c2cncc(C4(O)CC4)c2)C3)cn1. The van der Waals surface area contributed by atoms with Gasteiger partial charge in [0.05, 0.1) is 23.2 Å². The lowest BCUT2D eigenvalue weighted by molar-refractivity contribution is -0.0274. The maximum absolute atomic E-state index is 13.8. The molecule has 1 aromatic carbocycles. The van der Waals surface area contributed by atoms with Crippen LogP contribution in [0.3, 0.4) is 0 Å². The summed E-state index contributed by atoms with van der Waals surface area (Å²) in [5.41, 5.74) is 4.03. The van der Waals surface area contributed by atoms with Crippen LogP contribution < -0.4 is 4.90 Å². The van der Waals surface area contributed by atoms with Crippen LogP contribution in [0.15, 0.2) is 60.1 Å². The van der Waals surface area contributed by atoms with Crippen molar-refractivity contribution in [2.75, 3.05) is 37.7 Å². The Bertz CT molecular complexity index is 1330. The first-order valence-corrected chi connectivity index (χ1v) is 12.6. The average Bonchev–Trinajstić information content (AvgIpc) is 3.61. The molecule has 0 radical (unpaired) electrons. The van der Waals surface area contributed by atoms with Crippen LogP contribution in [0.4, 0.5) is 14.5 Å². The van der Waals surface area contributed by atoms with Crippen LogP contribution in [0.25, 0.3) is 0 Å². The molecule has 2 aromatic heterocycles. The third-order valence-corrected chi connectivity index (χ3v) is 7.47. The Hall–Kier alpha value is -3.43. The zero-order valence-corrected chi connectivity index (χ0v) is 20.7. The molecule has 1 N–H and O–H groups in total. The van der Waals surface area contributed by atoms with Crippen LogP contribution in [-0.4, -0.2) is 58.5 Å². The maximum atomic E-state index is 13.8. The topological polar surface area (TPSA) is 74.1 Å². The first kappa shape index (κ1) is 23.9. The predicted octanol–water partition coefficient (Wildman–Crippen LogP) is 3.85. The normalized spacial score (nSPS) is 19.9. The Kier molecular flexibility index (Phi) is 5.92. The van der Waals surface area contributed by atoms with E-state index in [0.29, 0.717) is 29.0 Å². The van der Waals surface area contributed by atoms with E-state index in [1.165, 1.54) is 6.07 Å². The number of hydrogen-bond acceptors (Lipinski definition) is 7. The number of halogens is 2. The highest BCUT2D eigenvalue weighted by Crippen LogP contribution is 2.47. The highest BCUT2D eigenvalue weighted by Gasteiger charge is 2.52. The van der Waals surface area contributed by atoms with Crippen molar-refractivity contribution in [3.05, 3.63) is 89.0 Å². The Labute approximate surface area is 214 Å². The molecule has 2 aliphatic heterocycles. The lowest BCUT2D eigenvalue weighted by Gasteiger charge is -2.61. The molecule has 3 aromatic rings. The molecule has 192 valence electrons. The zero-order chi connectivity index (χ0) is 25.6. The number of nitrogens with zero attached hydrogens (tertiary/aromatic N) is 5. The fraction of sp³-hybridized carbons (Fsp3) is 0.393. The van der Waals surface area contributed by atoms with Crippen molar-refractivity contribution in [2.45, 2.75) is 31.9 Å². The first-order valence-electron chi connectivity index (χ1n) is 12.6. The molecule has 3 aliphatic rings. The fourth-order valence-corrected chi connectivity index (χ4v) is 5.36. The van der Waals surface area contributed by atoms with Crippen molar-refractivity contribution >= 4 is 11.4 Å². The Morgan fingerprint density at radius 2 is 1.84 bits per heavy atom. The van der Waals surface area contributed by atoms with Gasteiger partial charge in [0.15, 0.2) is 11.6 Å². The summed E-state index contributed by atoms with van der Waals surface area (Å²) in [5, 5.41) is 14.5. The van der Waals surface area contributed by atoms with Gasteiger partial charge in [0.1, 0.15) is 12.3 Å². The number of benzene rings is 1. The largest absolute Gasteiger partial charge is 0.396 e. The van der Waals surface area contributed by atoms with Gasteiger partial charge in [-0.15, -0.1) is 0 Å². The zero-order valence-electron chi connectivity index (χ0n) is 20.7. The Balaban J connectivity index is 1.06. The van der Waals surface area contributed by atoms with Crippen molar-refractivity contribution in [1.29, 1.82) is 0 Å². The molecule has 2 saturated heterocycles. The molecule has 1 spiro atoms. The van der Waals surface area contributed by atoms with E-state index in [0.717, 1.165) is 74.5 Å². The van der Waals surface area contributed by atoms with E-state index in [1.807, 2.05) is 18.3 Å². The quantitative estimate of drug-likeness (QED) is 0.370. The Morgan fingerprint density at radius 3 is 2.51 bits per heavy atom. The number of aliphatic hydroxyl groups is 1. The minimum atomic E-state index is -0.941. The summed E-state index contributed by atoms with van der Waals surface area (Å²) in [6.45, 7) is 6.98. The van der Waals surface area contributed by atoms with Crippen molar-refractivity contribution in [2.24, 2.45) is 10.6 Å². The van der Waals surface area contributed by atoms with Crippen molar-refractivity contribution in [3.8, 4) is 0 Å². The van der Waals surface area contributed by atoms with Gasteiger partial charge >= 0.3 is 0 Å². The van der Waals surface area contributed by atoms with Gasteiger partial charge in [-0.05, 0) is 55.7 Å². The summed E-state index contributed by atoms with van der Waals surface area (Å²) in [5.74, 6) is -1.85. The molecule has 0 atom stereocenters. The van der Waals surface area contributed by atoms with Gasteiger partial charge in [-0.2, -0.15) is 0 Å². The lowest BCUT2D eigenvalue weighted by Crippen LogP contribution is -2.72. The second-order valence-electron chi connectivity index (χ2n) is 10.5. The number of rotatable bonds is 8. The van der Waals surface area contributed by atoms with E-state index < -0.39 is 17.2 Å². The van der Waals surface area contributed by atoms with Crippen LogP contribution in [-0.2, 0) is 17.0 Å². The summed E-state index contributed by atoms with van der Waals surface area (Å²) in [7, 11) is 0. The number of oxime groups is 1. The third-order valence-electron chi connectivity index (χ3n) is 7.47. The molecule has 1 aliphatic carbocycles. The molecule has 0 bridgehead atoms. The van der Waals surface area contributed by atoms with Crippen molar-refractivity contribution in [3.63, 3.8) is 0 Å². The van der Waals surface area contributed by atoms with Gasteiger partial charge < -0.3 is 14.8 Å². The van der Waals surface area contributed by atoms with Crippen molar-refractivity contribution in [1.82, 2.24) is 14.9 Å². The summed E-state index contributed by atoms with van der Waals surface area (Å²) < 4.78 is 27.2. The summed E-state index contributed by atoms with van der Waals surface area (Å²) >= 11 is 0. The van der Waals surface area contributed by atoms with E-state index in [4.69, 9.17) is 4.84 Å². The van der Waals surface area contributed by atoms with Crippen LogP contribution in [0, 0.1) is 17.0 Å². The van der Waals surface area contributed by atoms with E-state index >= 15 is 0 Å². The van der Waals surface area contributed by atoms with Gasteiger partial charge in [-0.25, -0.2) is 8.78 Å².